The first-order valence-electron chi connectivity index (χ1n) is 7.64. The van der Waals surface area contributed by atoms with Crippen LogP contribution in [0.15, 0.2) is 0 Å². The Morgan fingerprint density at radius 1 is 1.50 bits per heavy atom. The normalized spacial score (nSPS) is 28.8. The fourth-order valence-electron chi connectivity index (χ4n) is 3.49. The molecule has 0 aliphatic carbocycles. The average molecular weight is 323 g/mol. The number of hydrogen-bond donors (Lipinski definition) is 2. The molecule has 0 unspecified atom stereocenters. The lowest BCUT2D eigenvalue weighted by atomic mass is 9.71. The van der Waals surface area contributed by atoms with Crippen LogP contribution in [0.1, 0.15) is 39.6 Å². The maximum Gasteiger partial charge on any atom is 0.265 e. The second-order valence-electron chi connectivity index (χ2n) is 6.19. The molecule has 0 bridgehead atoms. The van der Waals surface area contributed by atoms with E-state index in [1.165, 1.54) is 11.3 Å². The first-order chi connectivity index (χ1) is 10.4. The monoisotopic (exact) mass is 323 g/mol. The molecule has 2 fully saturated rings. The Kier molecular flexibility index (Phi) is 3.94. The minimum atomic E-state index is -0.847. The summed E-state index contributed by atoms with van der Waals surface area (Å²) in [6, 6.07) is 0. The summed E-state index contributed by atoms with van der Waals surface area (Å²) in [7, 11) is 0. The Morgan fingerprint density at radius 2 is 2.27 bits per heavy atom. The molecule has 1 aromatic rings. The summed E-state index contributed by atoms with van der Waals surface area (Å²) in [5.74, 6) is -0.200. The smallest absolute Gasteiger partial charge is 0.265 e. The largest absolute Gasteiger partial charge is 0.392 e. The van der Waals surface area contributed by atoms with E-state index in [0.29, 0.717) is 30.8 Å². The number of aryl methyl sites for hydroxylation is 2. The van der Waals surface area contributed by atoms with Crippen molar-refractivity contribution in [3.05, 3.63) is 15.6 Å². The summed E-state index contributed by atoms with van der Waals surface area (Å²) < 4.78 is 0. The zero-order valence-corrected chi connectivity index (χ0v) is 13.7. The predicted molar refractivity (Wildman–Crippen MR) is 82.8 cm³/mol. The van der Waals surface area contributed by atoms with Crippen LogP contribution in [0.3, 0.4) is 0 Å². The van der Waals surface area contributed by atoms with Gasteiger partial charge in [-0.25, -0.2) is 4.98 Å². The number of likely N-dealkylation sites (tertiary alicyclic amines) is 1. The Hall–Kier alpha value is -1.47. The Morgan fingerprint density at radius 3 is 2.91 bits per heavy atom. The molecule has 1 spiro atoms. The van der Waals surface area contributed by atoms with E-state index in [9.17, 15) is 14.7 Å². The lowest BCUT2D eigenvalue weighted by molar-refractivity contribution is -0.147. The molecule has 22 heavy (non-hydrogen) atoms. The van der Waals surface area contributed by atoms with E-state index < -0.39 is 11.5 Å². The van der Waals surface area contributed by atoms with Crippen molar-refractivity contribution in [3.8, 4) is 0 Å². The van der Waals surface area contributed by atoms with Crippen molar-refractivity contribution < 1.29 is 14.7 Å². The van der Waals surface area contributed by atoms with Gasteiger partial charge in [-0.2, -0.15) is 0 Å². The first kappa shape index (κ1) is 15.4. The molecular formula is C15H21N3O3S. The number of thiazole rings is 1. The molecule has 3 heterocycles. The standard InChI is InChI=1S/C15H21N3O3S/c1-9-12(22-10(2)17-9)13(20)18-7-4-11(19)15(8-18)5-3-6-16-14(15)21/h11,19H,3-8H2,1-2H3,(H,16,21)/t11-,15-/m1/s1. The predicted octanol–water partition coefficient (Wildman–Crippen LogP) is 0.863. The van der Waals surface area contributed by atoms with Crippen LogP contribution in [-0.4, -0.2) is 52.5 Å². The lowest BCUT2D eigenvalue weighted by Gasteiger charge is -2.46. The number of hydrogen-bond acceptors (Lipinski definition) is 5. The van der Waals surface area contributed by atoms with Crippen molar-refractivity contribution in [1.29, 1.82) is 0 Å². The highest BCUT2D eigenvalue weighted by Gasteiger charge is 2.50. The van der Waals surface area contributed by atoms with Crippen LogP contribution in [0, 0.1) is 19.3 Å². The van der Waals surface area contributed by atoms with Gasteiger partial charge < -0.3 is 15.3 Å². The van der Waals surface area contributed by atoms with Crippen LogP contribution in [0.5, 0.6) is 0 Å². The van der Waals surface area contributed by atoms with Gasteiger partial charge in [0.05, 0.1) is 22.2 Å². The summed E-state index contributed by atoms with van der Waals surface area (Å²) in [6.07, 6.45) is 1.23. The third-order valence-electron chi connectivity index (χ3n) is 4.71. The van der Waals surface area contributed by atoms with Gasteiger partial charge in [0.25, 0.3) is 5.91 Å². The number of rotatable bonds is 1. The molecule has 1 aromatic heterocycles. The van der Waals surface area contributed by atoms with Crippen molar-refractivity contribution in [2.75, 3.05) is 19.6 Å². The summed E-state index contributed by atoms with van der Waals surface area (Å²) in [4.78, 5) is 31.7. The molecule has 2 aliphatic heterocycles. The Balaban J connectivity index is 1.85. The number of carbonyl (C=O) groups is 2. The van der Waals surface area contributed by atoms with Gasteiger partial charge in [0, 0.05) is 19.6 Å². The highest BCUT2D eigenvalue weighted by Crippen LogP contribution is 2.38. The van der Waals surface area contributed by atoms with Crippen molar-refractivity contribution >= 4 is 23.2 Å². The van der Waals surface area contributed by atoms with Gasteiger partial charge in [-0.1, -0.05) is 0 Å². The van der Waals surface area contributed by atoms with Crippen LogP contribution in [-0.2, 0) is 4.79 Å². The molecule has 2 N–H and O–H groups in total. The number of aliphatic hydroxyl groups excluding tert-OH is 1. The van der Waals surface area contributed by atoms with Crippen LogP contribution < -0.4 is 5.32 Å². The van der Waals surface area contributed by atoms with Crippen LogP contribution >= 0.6 is 11.3 Å². The first-order valence-corrected chi connectivity index (χ1v) is 8.45. The number of piperidine rings is 2. The third-order valence-corrected chi connectivity index (χ3v) is 5.77. The molecule has 7 heteroatoms. The maximum atomic E-state index is 12.8. The van der Waals surface area contributed by atoms with E-state index in [1.54, 1.807) is 4.90 Å². The molecule has 120 valence electrons. The zero-order chi connectivity index (χ0) is 15.9. The van der Waals surface area contributed by atoms with Gasteiger partial charge in [0.2, 0.25) is 5.91 Å². The molecule has 2 saturated heterocycles. The van der Waals surface area contributed by atoms with E-state index in [2.05, 4.69) is 10.3 Å². The molecule has 2 amide bonds. The van der Waals surface area contributed by atoms with Gasteiger partial charge in [0.1, 0.15) is 4.88 Å². The number of carbonyl (C=O) groups excluding carboxylic acids is 2. The molecule has 0 aromatic carbocycles. The number of amides is 2. The second-order valence-corrected chi connectivity index (χ2v) is 7.40. The summed E-state index contributed by atoms with van der Waals surface area (Å²) in [5.41, 5.74) is -0.111. The number of nitrogens with one attached hydrogen (secondary N) is 1. The summed E-state index contributed by atoms with van der Waals surface area (Å²) in [5, 5.41) is 14.1. The quantitative estimate of drug-likeness (QED) is 0.803. The van der Waals surface area contributed by atoms with Gasteiger partial charge in [-0.3, -0.25) is 9.59 Å². The average Bonchev–Trinajstić information content (AvgIpc) is 2.83. The number of aliphatic hydroxyl groups is 1. The van der Waals surface area contributed by atoms with E-state index in [4.69, 9.17) is 0 Å². The minimum absolute atomic E-state index is 0.0762. The molecule has 0 radical (unpaired) electrons. The van der Waals surface area contributed by atoms with Crippen LogP contribution in [0.4, 0.5) is 0 Å². The van der Waals surface area contributed by atoms with E-state index in [1.807, 2.05) is 13.8 Å². The van der Waals surface area contributed by atoms with Gasteiger partial charge in [-0.15, -0.1) is 11.3 Å². The summed E-state index contributed by atoms with van der Waals surface area (Å²) >= 11 is 1.39. The fraction of sp³-hybridized carbons (Fsp3) is 0.667. The molecule has 6 nitrogen and oxygen atoms in total. The van der Waals surface area contributed by atoms with E-state index >= 15 is 0 Å². The van der Waals surface area contributed by atoms with Crippen molar-refractivity contribution in [2.24, 2.45) is 5.41 Å². The SMILES string of the molecule is Cc1nc(C)c(C(=O)N2CC[C@@H](O)[C@@]3(CCCNC3=O)C2)s1. The summed E-state index contributed by atoms with van der Waals surface area (Å²) in [6.45, 7) is 5.12. The highest BCUT2D eigenvalue weighted by atomic mass is 32.1. The second kappa shape index (κ2) is 5.62. The molecule has 2 atom stereocenters. The van der Waals surface area contributed by atoms with Gasteiger partial charge in [-0.05, 0) is 33.1 Å². The fourth-order valence-corrected chi connectivity index (χ4v) is 4.38. The third kappa shape index (κ3) is 2.42. The highest BCUT2D eigenvalue weighted by molar-refractivity contribution is 7.13. The van der Waals surface area contributed by atoms with Crippen molar-refractivity contribution in [1.82, 2.24) is 15.2 Å². The van der Waals surface area contributed by atoms with E-state index in [-0.39, 0.29) is 18.4 Å². The molecule has 3 rings (SSSR count). The van der Waals surface area contributed by atoms with Crippen LogP contribution in [0.25, 0.3) is 0 Å². The topological polar surface area (TPSA) is 82.5 Å². The molecular weight excluding hydrogens is 302 g/mol. The molecule has 2 aliphatic rings. The van der Waals surface area contributed by atoms with Gasteiger partial charge >= 0.3 is 0 Å². The van der Waals surface area contributed by atoms with Crippen LogP contribution in [0.2, 0.25) is 0 Å². The maximum absolute atomic E-state index is 12.8. The van der Waals surface area contributed by atoms with Crippen molar-refractivity contribution in [2.45, 2.75) is 39.2 Å². The minimum Gasteiger partial charge on any atom is -0.392 e. The van der Waals surface area contributed by atoms with Crippen molar-refractivity contribution in [3.63, 3.8) is 0 Å². The Labute approximate surface area is 133 Å². The number of nitrogens with zero attached hydrogens (tertiary/aromatic N) is 2. The number of aromatic nitrogens is 1. The Bertz CT molecular complexity index is 615. The van der Waals surface area contributed by atoms with E-state index in [0.717, 1.165) is 17.1 Å². The van der Waals surface area contributed by atoms with Gasteiger partial charge in [0.15, 0.2) is 0 Å². The zero-order valence-electron chi connectivity index (χ0n) is 12.9. The molecule has 0 saturated carbocycles. The lowest BCUT2D eigenvalue weighted by Crippen LogP contribution is -2.62.